The number of aliphatic hydroxyl groups excluding tert-OH is 1. The minimum atomic E-state index is -0.614. The van der Waals surface area contributed by atoms with Gasteiger partial charge in [-0.05, 0) is 31.0 Å². The molecule has 0 fully saturated rings. The second-order valence-electron chi connectivity index (χ2n) is 4.65. The summed E-state index contributed by atoms with van der Waals surface area (Å²) in [5, 5.41) is 16.1. The maximum absolute atomic E-state index is 10.3. The molecule has 0 aliphatic rings. The van der Waals surface area contributed by atoms with E-state index in [9.17, 15) is 5.11 Å². The van der Waals surface area contributed by atoms with E-state index in [1.165, 1.54) is 0 Å². The number of rotatable bonds is 5. The van der Waals surface area contributed by atoms with Crippen molar-refractivity contribution in [3.05, 3.63) is 51.3 Å². The predicted molar refractivity (Wildman–Crippen MR) is 82.4 cm³/mol. The van der Waals surface area contributed by atoms with Crippen molar-refractivity contribution in [3.63, 3.8) is 0 Å². The average molecular weight is 313 g/mol. The molecule has 0 aliphatic heterocycles. The monoisotopic (exact) mass is 312 g/mol. The fourth-order valence-electron chi connectivity index (χ4n) is 2.20. The number of hydrogen-bond donors (Lipinski definition) is 1. The van der Waals surface area contributed by atoms with E-state index in [0.717, 1.165) is 29.9 Å². The molecule has 0 radical (unpaired) electrons. The maximum Gasteiger partial charge on any atom is 0.0851 e. The average Bonchev–Trinajstić information content (AvgIpc) is 2.76. The lowest BCUT2D eigenvalue weighted by molar-refractivity contribution is 0.175. The molecule has 3 nitrogen and oxygen atoms in total. The Kier molecular flexibility index (Phi) is 5.08. The molecule has 0 amide bonds. The van der Waals surface area contributed by atoms with Crippen LogP contribution in [0.5, 0.6) is 0 Å². The van der Waals surface area contributed by atoms with Crippen molar-refractivity contribution in [1.82, 2.24) is 9.78 Å². The van der Waals surface area contributed by atoms with E-state index in [1.807, 2.05) is 30.7 Å². The summed E-state index contributed by atoms with van der Waals surface area (Å²) in [7, 11) is 0. The van der Waals surface area contributed by atoms with E-state index in [1.54, 1.807) is 12.1 Å². The zero-order chi connectivity index (χ0) is 14.7. The molecule has 108 valence electrons. The van der Waals surface area contributed by atoms with Crippen LogP contribution < -0.4 is 0 Å². The van der Waals surface area contributed by atoms with Crippen molar-refractivity contribution in [2.24, 2.45) is 0 Å². The zero-order valence-electron chi connectivity index (χ0n) is 11.6. The Morgan fingerprint density at radius 2 is 1.85 bits per heavy atom. The molecule has 1 aromatic carbocycles. The fourth-order valence-corrected chi connectivity index (χ4v) is 2.67. The van der Waals surface area contributed by atoms with Gasteiger partial charge in [-0.15, -0.1) is 0 Å². The Labute approximate surface area is 129 Å². The van der Waals surface area contributed by atoms with Gasteiger partial charge in [0, 0.05) is 18.0 Å². The molecule has 1 heterocycles. The number of halogens is 2. The van der Waals surface area contributed by atoms with Crippen LogP contribution in [0.15, 0.2) is 24.3 Å². The Morgan fingerprint density at radius 1 is 1.20 bits per heavy atom. The second-order valence-corrected chi connectivity index (χ2v) is 5.46. The van der Waals surface area contributed by atoms with Crippen LogP contribution in [0.2, 0.25) is 10.0 Å². The SMILES string of the molecule is CCc1nn(CC)c(CC(O)c2ccc(Cl)cc2)c1Cl. The summed E-state index contributed by atoms with van der Waals surface area (Å²) in [4.78, 5) is 0. The van der Waals surface area contributed by atoms with Gasteiger partial charge in [0.1, 0.15) is 0 Å². The lowest BCUT2D eigenvalue weighted by Gasteiger charge is -2.12. The molecule has 1 aromatic heterocycles. The third-order valence-electron chi connectivity index (χ3n) is 3.34. The van der Waals surface area contributed by atoms with Crippen molar-refractivity contribution in [3.8, 4) is 0 Å². The van der Waals surface area contributed by atoms with Gasteiger partial charge in [0.15, 0.2) is 0 Å². The molecule has 0 bridgehead atoms. The van der Waals surface area contributed by atoms with E-state index in [4.69, 9.17) is 23.2 Å². The van der Waals surface area contributed by atoms with Gasteiger partial charge in [-0.1, -0.05) is 42.3 Å². The smallest absolute Gasteiger partial charge is 0.0851 e. The van der Waals surface area contributed by atoms with Crippen LogP contribution in [0.4, 0.5) is 0 Å². The van der Waals surface area contributed by atoms with E-state index < -0.39 is 6.10 Å². The van der Waals surface area contributed by atoms with Crippen molar-refractivity contribution in [1.29, 1.82) is 0 Å². The lowest BCUT2D eigenvalue weighted by Crippen LogP contribution is -2.08. The van der Waals surface area contributed by atoms with Crippen molar-refractivity contribution in [2.75, 3.05) is 0 Å². The number of aliphatic hydroxyl groups is 1. The largest absolute Gasteiger partial charge is 0.388 e. The molecule has 0 saturated carbocycles. The summed E-state index contributed by atoms with van der Waals surface area (Å²) < 4.78 is 1.86. The first kappa shape index (κ1) is 15.4. The van der Waals surface area contributed by atoms with Crippen molar-refractivity contribution < 1.29 is 5.11 Å². The first-order valence-corrected chi connectivity index (χ1v) is 7.50. The molecule has 1 atom stereocenters. The molecular formula is C15H18Cl2N2O. The molecule has 1 N–H and O–H groups in total. The molecule has 20 heavy (non-hydrogen) atoms. The van der Waals surface area contributed by atoms with Gasteiger partial charge in [-0.3, -0.25) is 4.68 Å². The van der Waals surface area contributed by atoms with Crippen LogP contribution in [0.1, 0.15) is 36.9 Å². The standard InChI is InChI=1S/C15H18Cl2N2O/c1-3-12-15(17)13(19(4-2)18-12)9-14(20)10-5-7-11(16)8-6-10/h5-8,14,20H,3-4,9H2,1-2H3. The van der Waals surface area contributed by atoms with Gasteiger partial charge in [0.2, 0.25) is 0 Å². The van der Waals surface area contributed by atoms with E-state index >= 15 is 0 Å². The third kappa shape index (κ3) is 3.17. The molecule has 0 saturated heterocycles. The van der Waals surface area contributed by atoms with Gasteiger partial charge in [-0.25, -0.2) is 0 Å². The summed E-state index contributed by atoms with van der Waals surface area (Å²) in [5.74, 6) is 0. The highest BCUT2D eigenvalue weighted by molar-refractivity contribution is 6.32. The number of hydrogen-bond acceptors (Lipinski definition) is 2. The van der Waals surface area contributed by atoms with Gasteiger partial charge < -0.3 is 5.11 Å². The number of aromatic nitrogens is 2. The van der Waals surface area contributed by atoms with Crippen LogP contribution in [0.25, 0.3) is 0 Å². The van der Waals surface area contributed by atoms with E-state index in [2.05, 4.69) is 5.10 Å². The van der Waals surface area contributed by atoms with Crippen LogP contribution >= 0.6 is 23.2 Å². The predicted octanol–water partition coefficient (Wildman–Crippen LogP) is 4.05. The first-order chi connectivity index (χ1) is 9.56. The number of benzene rings is 1. The summed E-state index contributed by atoms with van der Waals surface area (Å²) in [6, 6.07) is 7.20. The summed E-state index contributed by atoms with van der Waals surface area (Å²) >= 11 is 12.2. The van der Waals surface area contributed by atoms with Crippen molar-refractivity contribution in [2.45, 2.75) is 39.3 Å². The number of aryl methyl sites for hydroxylation is 2. The molecule has 2 rings (SSSR count). The summed E-state index contributed by atoms with van der Waals surface area (Å²) in [6.45, 7) is 4.77. The van der Waals surface area contributed by atoms with Crippen LogP contribution in [0, 0.1) is 0 Å². The molecule has 0 aliphatic carbocycles. The maximum atomic E-state index is 10.3. The van der Waals surface area contributed by atoms with Gasteiger partial charge in [-0.2, -0.15) is 5.10 Å². The molecule has 5 heteroatoms. The Morgan fingerprint density at radius 3 is 2.40 bits per heavy atom. The minimum absolute atomic E-state index is 0.446. The zero-order valence-corrected chi connectivity index (χ0v) is 13.1. The third-order valence-corrected chi connectivity index (χ3v) is 4.02. The highest BCUT2D eigenvalue weighted by Crippen LogP contribution is 2.27. The Balaban J connectivity index is 2.25. The van der Waals surface area contributed by atoms with Gasteiger partial charge in [0.05, 0.1) is 22.5 Å². The van der Waals surface area contributed by atoms with Crippen LogP contribution in [-0.4, -0.2) is 14.9 Å². The fraction of sp³-hybridized carbons (Fsp3) is 0.400. The summed E-state index contributed by atoms with van der Waals surface area (Å²) in [6.07, 6.45) is 0.619. The van der Waals surface area contributed by atoms with Gasteiger partial charge in [0.25, 0.3) is 0 Å². The molecule has 1 unspecified atom stereocenters. The quantitative estimate of drug-likeness (QED) is 0.904. The van der Waals surface area contributed by atoms with E-state index in [-0.39, 0.29) is 0 Å². The lowest BCUT2D eigenvalue weighted by atomic mass is 10.0. The normalized spacial score (nSPS) is 12.7. The second kappa shape index (κ2) is 6.61. The number of nitrogens with zero attached hydrogens (tertiary/aromatic N) is 2. The van der Waals surface area contributed by atoms with Crippen molar-refractivity contribution >= 4 is 23.2 Å². The van der Waals surface area contributed by atoms with Crippen LogP contribution in [-0.2, 0) is 19.4 Å². The van der Waals surface area contributed by atoms with Gasteiger partial charge >= 0.3 is 0 Å². The Bertz CT molecular complexity index is 578. The van der Waals surface area contributed by atoms with Crippen LogP contribution in [0.3, 0.4) is 0 Å². The molecule has 2 aromatic rings. The molecular weight excluding hydrogens is 295 g/mol. The highest BCUT2D eigenvalue weighted by Gasteiger charge is 2.18. The Hall–Kier alpha value is -1.03. The van der Waals surface area contributed by atoms with E-state index in [0.29, 0.717) is 16.5 Å². The summed E-state index contributed by atoms with van der Waals surface area (Å²) in [5.41, 5.74) is 2.59. The first-order valence-electron chi connectivity index (χ1n) is 6.74. The highest BCUT2D eigenvalue weighted by atomic mass is 35.5. The topological polar surface area (TPSA) is 38.0 Å². The minimum Gasteiger partial charge on any atom is -0.388 e. The molecule has 0 spiro atoms.